The Balaban J connectivity index is 1.44. The Morgan fingerprint density at radius 3 is 2.69 bits per heavy atom. The monoisotopic (exact) mass is 492 g/mol. The van der Waals surface area contributed by atoms with E-state index in [1.54, 1.807) is 6.20 Å². The molecule has 1 amide bonds. The highest BCUT2D eigenvalue weighted by Crippen LogP contribution is 2.32. The Morgan fingerprint density at radius 1 is 1.09 bits per heavy atom. The fourth-order valence-electron chi connectivity index (χ4n) is 4.13. The number of anilines is 1. The van der Waals surface area contributed by atoms with Gasteiger partial charge < -0.3 is 15.7 Å². The summed E-state index contributed by atoms with van der Waals surface area (Å²) in [5.41, 5.74) is 9.56. The lowest BCUT2D eigenvalue weighted by Crippen LogP contribution is -2.38. The molecule has 32 heavy (non-hydrogen) atoms. The molecule has 162 valence electrons. The van der Waals surface area contributed by atoms with E-state index < -0.39 is 6.09 Å². The number of fused-ring (bicyclic) bond motifs is 1. The van der Waals surface area contributed by atoms with Gasteiger partial charge in [-0.25, -0.2) is 9.78 Å². The van der Waals surface area contributed by atoms with Crippen LogP contribution in [0.4, 0.5) is 10.6 Å². The van der Waals surface area contributed by atoms with Crippen molar-refractivity contribution >= 4 is 38.6 Å². The lowest BCUT2D eigenvalue weighted by Gasteiger charge is -2.30. The van der Waals surface area contributed by atoms with E-state index in [-0.39, 0.29) is 6.04 Å². The van der Waals surface area contributed by atoms with E-state index in [2.05, 4.69) is 31.0 Å². The number of piperidine rings is 1. The number of carbonyl (C=O) groups is 1. The van der Waals surface area contributed by atoms with Crippen molar-refractivity contribution in [3.8, 4) is 22.4 Å². The Bertz CT molecular complexity index is 1310. The van der Waals surface area contributed by atoms with Crippen LogP contribution in [0.15, 0.2) is 59.6 Å². The fourth-order valence-corrected chi connectivity index (χ4v) is 4.62. The van der Waals surface area contributed by atoms with Crippen molar-refractivity contribution in [3.63, 3.8) is 0 Å². The zero-order chi connectivity index (χ0) is 22.2. The molecule has 3 aromatic heterocycles. The summed E-state index contributed by atoms with van der Waals surface area (Å²) in [7, 11) is 0. The average Bonchev–Trinajstić information content (AvgIpc) is 3.30. The van der Waals surface area contributed by atoms with Crippen molar-refractivity contribution in [2.24, 2.45) is 0 Å². The maximum absolute atomic E-state index is 11.1. The highest BCUT2D eigenvalue weighted by molar-refractivity contribution is 9.10. The van der Waals surface area contributed by atoms with Crippen LogP contribution in [0, 0.1) is 0 Å². The first-order chi connectivity index (χ1) is 15.5. The van der Waals surface area contributed by atoms with Crippen molar-refractivity contribution in [2.45, 2.75) is 18.9 Å². The zero-order valence-corrected chi connectivity index (χ0v) is 18.7. The molecular weight excluding hydrogens is 472 g/mol. The number of benzene rings is 1. The SMILES string of the molecule is Nc1ncc(-c2cnn(C3CCN(C(=O)O)CC3)c2)cc1-c1cc2c(Br)cccc2cn1. The molecule has 0 bridgehead atoms. The van der Waals surface area contributed by atoms with E-state index >= 15 is 0 Å². The second-order valence-corrected chi connectivity index (χ2v) is 8.75. The third-order valence-electron chi connectivity index (χ3n) is 5.95. The molecule has 1 fully saturated rings. The van der Waals surface area contributed by atoms with Gasteiger partial charge in [-0.1, -0.05) is 28.1 Å². The van der Waals surface area contributed by atoms with Crippen LogP contribution in [0.1, 0.15) is 18.9 Å². The first-order valence-electron chi connectivity index (χ1n) is 10.3. The smallest absolute Gasteiger partial charge is 0.407 e. The summed E-state index contributed by atoms with van der Waals surface area (Å²) < 4.78 is 2.92. The summed E-state index contributed by atoms with van der Waals surface area (Å²) in [6, 6.07) is 10.2. The number of pyridine rings is 2. The number of nitrogen functional groups attached to an aromatic ring is 1. The Morgan fingerprint density at radius 2 is 1.91 bits per heavy atom. The molecule has 4 aromatic rings. The zero-order valence-electron chi connectivity index (χ0n) is 17.1. The van der Waals surface area contributed by atoms with E-state index in [4.69, 9.17) is 10.8 Å². The number of carboxylic acid groups (broad SMARTS) is 1. The van der Waals surface area contributed by atoms with Crippen LogP contribution in [0.3, 0.4) is 0 Å². The number of nitrogens with zero attached hydrogens (tertiary/aromatic N) is 5. The minimum Gasteiger partial charge on any atom is -0.465 e. The second-order valence-electron chi connectivity index (χ2n) is 7.90. The van der Waals surface area contributed by atoms with Gasteiger partial charge in [0.1, 0.15) is 5.82 Å². The van der Waals surface area contributed by atoms with Gasteiger partial charge in [-0.05, 0) is 36.4 Å². The molecule has 0 unspecified atom stereocenters. The topological polar surface area (TPSA) is 110 Å². The van der Waals surface area contributed by atoms with Crippen molar-refractivity contribution in [1.29, 1.82) is 0 Å². The molecule has 1 aliphatic rings. The minimum atomic E-state index is -0.862. The predicted molar refractivity (Wildman–Crippen MR) is 126 cm³/mol. The number of likely N-dealkylation sites (tertiary alicyclic amines) is 1. The maximum Gasteiger partial charge on any atom is 0.407 e. The molecule has 8 nitrogen and oxygen atoms in total. The first kappa shape index (κ1) is 20.4. The molecule has 0 aliphatic carbocycles. The van der Waals surface area contributed by atoms with Crippen molar-refractivity contribution in [1.82, 2.24) is 24.6 Å². The van der Waals surface area contributed by atoms with E-state index in [0.29, 0.717) is 18.9 Å². The van der Waals surface area contributed by atoms with Crippen LogP contribution in [0.2, 0.25) is 0 Å². The Kier molecular flexibility index (Phi) is 5.26. The molecule has 0 radical (unpaired) electrons. The third-order valence-corrected chi connectivity index (χ3v) is 6.64. The molecule has 9 heteroatoms. The van der Waals surface area contributed by atoms with E-state index in [0.717, 1.165) is 50.5 Å². The maximum atomic E-state index is 11.1. The summed E-state index contributed by atoms with van der Waals surface area (Å²) >= 11 is 3.60. The van der Waals surface area contributed by atoms with Crippen LogP contribution >= 0.6 is 15.9 Å². The van der Waals surface area contributed by atoms with Crippen LogP contribution in [-0.4, -0.2) is 48.9 Å². The van der Waals surface area contributed by atoms with Gasteiger partial charge in [0.05, 0.1) is 17.9 Å². The highest BCUT2D eigenvalue weighted by atomic mass is 79.9. The second kappa shape index (κ2) is 8.23. The van der Waals surface area contributed by atoms with Gasteiger partial charge in [0, 0.05) is 58.2 Å². The molecule has 0 spiro atoms. The number of aromatic nitrogens is 4. The van der Waals surface area contributed by atoms with Crippen molar-refractivity contribution in [3.05, 3.63) is 59.6 Å². The molecule has 1 saturated heterocycles. The van der Waals surface area contributed by atoms with Crippen LogP contribution < -0.4 is 5.73 Å². The average molecular weight is 493 g/mol. The summed E-state index contributed by atoms with van der Waals surface area (Å²) in [5.74, 6) is 0.418. The third kappa shape index (κ3) is 3.80. The molecule has 3 N–H and O–H groups in total. The summed E-state index contributed by atoms with van der Waals surface area (Å²) in [5, 5.41) is 15.8. The lowest BCUT2D eigenvalue weighted by atomic mass is 10.0. The molecule has 0 atom stereocenters. The molecule has 1 aliphatic heterocycles. The van der Waals surface area contributed by atoms with Crippen LogP contribution in [0.5, 0.6) is 0 Å². The normalized spacial score (nSPS) is 14.7. The number of hydrogen-bond acceptors (Lipinski definition) is 5. The molecular formula is C23H21BrN6O2. The van der Waals surface area contributed by atoms with E-state index in [9.17, 15) is 4.79 Å². The standard InChI is InChI=1S/C23H21BrN6O2/c24-20-3-1-2-14-10-26-21(9-18(14)20)19-8-15(11-27-22(19)25)16-12-28-30(13-16)17-4-6-29(7-5-17)23(31)32/h1-3,8-13,17H,4-7H2,(H2,25,27)(H,31,32). The summed E-state index contributed by atoms with van der Waals surface area (Å²) in [6.07, 6.45) is 8.00. The lowest BCUT2D eigenvalue weighted by molar-refractivity contribution is 0.124. The van der Waals surface area contributed by atoms with Gasteiger partial charge in [0.2, 0.25) is 0 Å². The minimum absolute atomic E-state index is 0.181. The van der Waals surface area contributed by atoms with E-state index in [1.165, 1.54) is 4.90 Å². The number of rotatable bonds is 3. The first-order valence-corrected chi connectivity index (χ1v) is 11.1. The quantitative estimate of drug-likeness (QED) is 0.424. The number of amides is 1. The van der Waals surface area contributed by atoms with Crippen LogP contribution in [0.25, 0.3) is 33.2 Å². The van der Waals surface area contributed by atoms with Crippen molar-refractivity contribution in [2.75, 3.05) is 18.8 Å². The molecule has 4 heterocycles. The van der Waals surface area contributed by atoms with Gasteiger partial charge in [-0.3, -0.25) is 9.67 Å². The van der Waals surface area contributed by atoms with Crippen LogP contribution in [-0.2, 0) is 0 Å². The number of nitrogens with two attached hydrogens (primary N) is 1. The summed E-state index contributed by atoms with van der Waals surface area (Å²) in [6.45, 7) is 1.04. The fraction of sp³-hybridized carbons (Fsp3) is 0.217. The van der Waals surface area contributed by atoms with Gasteiger partial charge in [0.15, 0.2) is 0 Å². The molecule has 1 aromatic carbocycles. The van der Waals surface area contributed by atoms with Gasteiger partial charge in [-0.2, -0.15) is 5.10 Å². The number of hydrogen-bond donors (Lipinski definition) is 2. The van der Waals surface area contributed by atoms with E-state index in [1.807, 2.05) is 53.6 Å². The number of halogens is 1. The largest absolute Gasteiger partial charge is 0.465 e. The Hall–Kier alpha value is -3.46. The van der Waals surface area contributed by atoms with Gasteiger partial charge in [0.25, 0.3) is 0 Å². The summed E-state index contributed by atoms with van der Waals surface area (Å²) in [4.78, 5) is 21.6. The molecule has 5 rings (SSSR count). The Labute approximate surface area is 192 Å². The highest BCUT2D eigenvalue weighted by Gasteiger charge is 2.24. The molecule has 0 saturated carbocycles. The van der Waals surface area contributed by atoms with Gasteiger partial charge >= 0.3 is 6.09 Å². The predicted octanol–water partition coefficient (Wildman–Crippen LogP) is 4.82. The van der Waals surface area contributed by atoms with Gasteiger partial charge in [-0.15, -0.1) is 0 Å². The van der Waals surface area contributed by atoms with Crippen molar-refractivity contribution < 1.29 is 9.90 Å².